The summed E-state index contributed by atoms with van der Waals surface area (Å²) < 4.78 is 6.37. The van der Waals surface area contributed by atoms with Gasteiger partial charge in [0.25, 0.3) is 0 Å². The van der Waals surface area contributed by atoms with Crippen molar-refractivity contribution < 1.29 is 4.42 Å². The van der Waals surface area contributed by atoms with E-state index in [1.807, 2.05) is 25.1 Å². The van der Waals surface area contributed by atoms with Crippen LogP contribution in [0.1, 0.15) is 12.6 Å². The lowest BCUT2D eigenvalue weighted by molar-refractivity contribution is 0.570. The summed E-state index contributed by atoms with van der Waals surface area (Å²) in [4.78, 5) is 4.39. The Labute approximate surface area is 113 Å². The van der Waals surface area contributed by atoms with Crippen molar-refractivity contribution in [2.24, 2.45) is 0 Å². The molecule has 0 saturated heterocycles. The topological polar surface area (TPSA) is 38.1 Å². The minimum atomic E-state index is 0.546. The molecule has 1 heterocycles. The molecule has 1 aromatic heterocycles. The molecule has 0 aliphatic rings. The van der Waals surface area contributed by atoms with Crippen molar-refractivity contribution >= 4 is 27.5 Å². The number of hydrogen-bond acceptors (Lipinski definition) is 3. The molecule has 2 rings (SSSR count). The van der Waals surface area contributed by atoms with Crippen LogP contribution in [0.4, 0.5) is 0 Å². The molecule has 0 saturated carbocycles. The molecule has 5 heteroatoms. The first kappa shape index (κ1) is 12.6. The summed E-state index contributed by atoms with van der Waals surface area (Å²) in [6, 6.07) is 5.59. The van der Waals surface area contributed by atoms with Gasteiger partial charge < -0.3 is 9.73 Å². The number of nitrogens with zero attached hydrogens (tertiary/aromatic N) is 1. The zero-order chi connectivity index (χ0) is 12.3. The standard InChI is InChI=1S/C12H12BrClN2O/c1-2-15-6-9-7-17-12(16-9)10-5-8(13)3-4-11(10)14/h3-5,7,15H,2,6H2,1H3. The Morgan fingerprint density at radius 3 is 3.06 bits per heavy atom. The molecule has 0 aliphatic heterocycles. The highest BCUT2D eigenvalue weighted by Crippen LogP contribution is 2.30. The molecule has 0 radical (unpaired) electrons. The molecule has 0 amide bonds. The first-order chi connectivity index (χ1) is 8.20. The second-order valence-corrected chi connectivity index (χ2v) is 4.87. The van der Waals surface area contributed by atoms with Gasteiger partial charge in [0, 0.05) is 11.0 Å². The van der Waals surface area contributed by atoms with Crippen LogP contribution >= 0.6 is 27.5 Å². The molecule has 0 unspecified atom stereocenters. The fraction of sp³-hybridized carbons (Fsp3) is 0.250. The van der Waals surface area contributed by atoms with Crippen molar-refractivity contribution in [1.82, 2.24) is 10.3 Å². The second-order valence-electron chi connectivity index (χ2n) is 3.55. The molecule has 0 aliphatic carbocycles. The first-order valence-corrected chi connectivity index (χ1v) is 6.48. The minimum absolute atomic E-state index is 0.546. The number of oxazole rings is 1. The van der Waals surface area contributed by atoms with E-state index in [0.717, 1.165) is 22.3 Å². The van der Waals surface area contributed by atoms with E-state index in [2.05, 4.69) is 26.2 Å². The van der Waals surface area contributed by atoms with Crippen LogP contribution in [0, 0.1) is 0 Å². The van der Waals surface area contributed by atoms with Gasteiger partial charge in [-0.05, 0) is 24.7 Å². The number of aromatic nitrogens is 1. The molecule has 2 aromatic rings. The summed E-state index contributed by atoms with van der Waals surface area (Å²) in [6.07, 6.45) is 1.65. The van der Waals surface area contributed by atoms with E-state index in [4.69, 9.17) is 16.0 Å². The molecule has 0 spiro atoms. The van der Waals surface area contributed by atoms with Crippen molar-refractivity contribution in [1.29, 1.82) is 0 Å². The van der Waals surface area contributed by atoms with Gasteiger partial charge in [-0.3, -0.25) is 0 Å². The van der Waals surface area contributed by atoms with Crippen molar-refractivity contribution in [2.45, 2.75) is 13.5 Å². The molecule has 0 bridgehead atoms. The van der Waals surface area contributed by atoms with Gasteiger partial charge in [-0.25, -0.2) is 4.98 Å². The SMILES string of the molecule is CCNCc1coc(-c2cc(Br)ccc2Cl)n1. The van der Waals surface area contributed by atoms with E-state index < -0.39 is 0 Å². The zero-order valence-corrected chi connectivity index (χ0v) is 11.7. The van der Waals surface area contributed by atoms with E-state index >= 15 is 0 Å². The Morgan fingerprint density at radius 1 is 1.47 bits per heavy atom. The molecule has 90 valence electrons. The average molecular weight is 316 g/mol. The predicted octanol–water partition coefficient (Wildman–Crippen LogP) is 3.87. The summed E-state index contributed by atoms with van der Waals surface area (Å²) in [5.41, 5.74) is 1.67. The van der Waals surface area contributed by atoms with E-state index in [1.54, 1.807) is 6.26 Å². The lowest BCUT2D eigenvalue weighted by Crippen LogP contribution is -2.11. The third-order valence-electron chi connectivity index (χ3n) is 2.27. The number of halogens is 2. The molecule has 3 nitrogen and oxygen atoms in total. The van der Waals surface area contributed by atoms with Crippen LogP contribution in [0.5, 0.6) is 0 Å². The monoisotopic (exact) mass is 314 g/mol. The Hall–Kier alpha value is -0.840. The van der Waals surface area contributed by atoms with Crippen LogP contribution in [0.25, 0.3) is 11.5 Å². The van der Waals surface area contributed by atoms with Gasteiger partial charge in [0.05, 0.1) is 16.3 Å². The van der Waals surface area contributed by atoms with Gasteiger partial charge >= 0.3 is 0 Å². The molecular formula is C12H12BrClN2O. The van der Waals surface area contributed by atoms with Crippen molar-refractivity contribution in [2.75, 3.05) is 6.54 Å². The Balaban J connectivity index is 2.27. The van der Waals surface area contributed by atoms with Crippen LogP contribution in [0.15, 0.2) is 33.4 Å². The summed E-state index contributed by atoms with van der Waals surface area (Å²) in [6.45, 7) is 3.65. The number of benzene rings is 1. The van der Waals surface area contributed by atoms with E-state index in [0.29, 0.717) is 17.5 Å². The maximum absolute atomic E-state index is 6.11. The maximum atomic E-state index is 6.11. The second kappa shape index (κ2) is 5.67. The molecular weight excluding hydrogens is 304 g/mol. The van der Waals surface area contributed by atoms with Crippen LogP contribution < -0.4 is 5.32 Å². The molecule has 0 atom stereocenters. The number of hydrogen-bond donors (Lipinski definition) is 1. The molecule has 1 aromatic carbocycles. The zero-order valence-electron chi connectivity index (χ0n) is 9.34. The quantitative estimate of drug-likeness (QED) is 0.931. The highest BCUT2D eigenvalue weighted by atomic mass is 79.9. The van der Waals surface area contributed by atoms with Crippen molar-refractivity contribution in [3.8, 4) is 11.5 Å². The Bertz CT molecular complexity index is 513. The smallest absolute Gasteiger partial charge is 0.227 e. The molecule has 17 heavy (non-hydrogen) atoms. The summed E-state index contributed by atoms with van der Waals surface area (Å²) in [7, 11) is 0. The van der Waals surface area contributed by atoms with E-state index in [-0.39, 0.29) is 0 Å². The highest BCUT2D eigenvalue weighted by molar-refractivity contribution is 9.10. The first-order valence-electron chi connectivity index (χ1n) is 5.31. The van der Waals surface area contributed by atoms with E-state index in [9.17, 15) is 0 Å². The van der Waals surface area contributed by atoms with Crippen molar-refractivity contribution in [3.05, 3.63) is 39.7 Å². The number of nitrogens with one attached hydrogen (secondary N) is 1. The van der Waals surface area contributed by atoms with Gasteiger partial charge in [0.15, 0.2) is 0 Å². The lowest BCUT2D eigenvalue weighted by atomic mass is 10.2. The van der Waals surface area contributed by atoms with E-state index in [1.165, 1.54) is 0 Å². The number of rotatable bonds is 4. The molecule has 1 N–H and O–H groups in total. The highest BCUT2D eigenvalue weighted by Gasteiger charge is 2.10. The lowest BCUT2D eigenvalue weighted by Gasteiger charge is -1.99. The van der Waals surface area contributed by atoms with Crippen molar-refractivity contribution in [3.63, 3.8) is 0 Å². The van der Waals surface area contributed by atoms with Crippen LogP contribution in [-0.2, 0) is 6.54 Å². The largest absolute Gasteiger partial charge is 0.444 e. The van der Waals surface area contributed by atoms with Gasteiger partial charge in [-0.1, -0.05) is 34.5 Å². The van der Waals surface area contributed by atoms with Crippen LogP contribution in [0.3, 0.4) is 0 Å². The summed E-state index contributed by atoms with van der Waals surface area (Å²) >= 11 is 9.51. The van der Waals surface area contributed by atoms with Gasteiger partial charge in [-0.15, -0.1) is 0 Å². The van der Waals surface area contributed by atoms with Gasteiger partial charge in [0.1, 0.15) is 6.26 Å². The fourth-order valence-corrected chi connectivity index (χ4v) is 1.99. The fourth-order valence-electron chi connectivity index (χ4n) is 1.43. The average Bonchev–Trinajstić information content (AvgIpc) is 2.78. The summed E-state index contributed by atoms with van der Waals surface area (Å²) in [5, 5.41) is 3.82. The van der Waals surface area contributed by atoms with Crippen LogP contribution in [-0.4, -0.2) is 11.5 Å². The molecule has 0 fully saturated rings. The predicted molar refractivity (Wildman–Crippen MR) is 72.0 cm³/mol. The Morgan fingerprint density at radius 2 is 2.29 bits per heavy atom. The third-order valence-corrected chi connectivity index (χ3v) is 3.09. The van der Waals surface area contributed by atoms with Gasteiger partial charge in [-0.2, -0.15) is 0 Å². The Kier molecular flexibility index (Phi) is 4.20. The normalized spacial score (nSPS) is 10.8. The summed E-state index contributed by atoms with van der Waals surface area (Å²) in [5.74, 6) is 0.546. The third kappa shape index (κ3) is 3.09. The van der Waals surface area contributed by atoms with Crippen LogP contribution in [0.2, 0.25) is 5.02 Å². The minimum Gasteiger partial charge on any atom is -0.444 e. The van der Waals surface area contributed by atoms with Gasteiger partial charge in [0.2, 0.25) is 5.89 Å². The maximum Gasteiger partial charge on any atom is 0.227 e.